The summed E-state index contributed by atoms with van der Waals surface area (Å²) >= 11 is 0. The van der Waals surface area contributed by atoms with Crippen molar-refractivity contribution < 1.29 is 13.9 Å². The molecule has 2 atom stereocenters. The number of piperidine rings is 1. The summed E-state index contributed by atoms with van der Waals surface area (Å²) in [6.45, 7) is 7.06. The van der Waals surface area contributed by atoms with Crippen LogP contribution in [0, 0.1) is 11.7 Å². The summed E-state index contributed by atoms with van der Waals surface area (Å²) in [4.78, 5) is 6.84. The van der Waals surface area contributed by atoms with E-state index in [4.69, 9.17) is 9.47 Å². The third-order valence-corrected chi connectivity index (χ3v) is 8.46. The summed E-state index contributed by atoms with van der Waals surface area (Å²) in [6.07, 6.45) is 19.6. The van der Waals surface area contributed by atoms with Crippen LogP contribution >= 0.6 is 0 Å². The molecule has 1 aliphatic carbocycles. The first kappa shape index (κ1) is 24.5. The number of ether oxygens (including phenoxy) is 2. The van der Waals surface area contributed by atoms with Crippen molar-refractivity contribution in [3.63, 3.8) is 0 Å². The number of benzene rings is 1. The van der Waals surface area contributed by atoms with Gasteiger partial charge in [-0.1, -0.05) is 30.4 Å². The van der Waals surface area contributed by atoms with Crippen molar-refractivity contribution in [2.75, 3.05) is 19.7 Å². The highest BCUT2D eigenvalue weighted by molar-refractivity contribution is 5.74. The summed E-state index contributed by atoms with van der Waals surface area (Å²) in [5.74, 6) is -0.251. The Bertz CT molecular complexity index is 1470. The molecule has 3 aliphatic heterocycles. The lowest BCUT2D eigenvalue weighted by molar-refractivity contribution is -0.139. The Morgan fingerprint density at radius 3 is 2.79 bits per heavy atom. The fourth-order valence-electron chi connectivity index (χ4n) is 6.61. The number of hydrogen-bond acceptors (Lipinski definition) is 5. The zero-order chi connectivity index (χ0) is 26.6. The second kappa shape index (κ2) is 9.61. The Kier molecular flexibility index (Phi) is 6.05. The van der Waals surface area contributed by atoms with E-state index in [0.717, 1.165) is 54.7 Å². The summed E-state index contributed by atoms with van der Waals surface area (Å²) in [7, 11) is 0. The van der Waals surface area contributed by atoms with Crippen molar-refractivity contribution in [1.82, 2.24) is 24.2 Å². The van der Waals surface area contributed by atoms with Gasteiger partial charge in [0.15, 0.2) is 5.79 Å². The lowest BCUT2D eigenvalue weighted by Gasteiger charge is -2.37. The lowest BCUT2D eigenvalue weighted by Crippen LogP contribution is -2.35. The fourth-order valence-corrected chi connectivity index (χ4v) is 6.61. The van der Waals surface area contributed by atoms with E-state index < -0.39 is 5.79 Å². The summed E-state index contributed by atoms with van der Waals surface area (Å²) in [6, 6.07) is 5.44. The van der Waals surface area contributed by atoms with Gasteiger partial charge in [-0.2, -0.15) is 5.10 Å². The van der Waals surface area contributed by atoms with Crippen LogP contribution in [0.3, 0.4) is 0 Å². The van der Waals surface area contributed by atoms with Crippen LogP contribution in [0.25, 0.3) is 16.8 Å². The molecule has 0 spiro atoms. The number of allylic oxidation sites excluding steroid dienone is 5. The minimum absolute atomic E-state index is 0.0113. The topological polar surface area (TPSA) is 57.3 Å². The smallest absolute Gasteiger partial charge is 0.163 e. The van der Waals surface area contributed by atoms with E-state index in [2.05, 4.69) is 50.1 Å². The first-order valence-electron chi connectivity index (χ1n) is 13.9. The summed E-state index contributed by atoms with van der Waals surface area (Å²) < 4.78 is 30.7. The summed E-state index contributed by atoms with van der Waals surface area (Å²) in [5, 5.41) is 4.57. The molecule has 4 aliphatic rings. The van der Waals surface area contributed by atoms with Gasteiger partial charge >= 0.3 is 0 Å². The molecule has 0 amide bonds. The van der Waals surface area contributed by atoms with Crippen LogP contribution in [-0.2, 0) is 16.0 Å². The fraction of sp³-hybridized carbons (Fsp3) is 0.419. The van der Waals surface area contributed by atoms with Gasteiger partial charge in [-0.3, -0.25) is 4.68 Å². The largest absolute Gasteiger partial charge is 0.372 e. The molecule has 202 valence electrons. The second-order valence-electron chi connectivity index (χ2n) is 11.4. The molecule has 2 saturated heterocycles. The molecule has 39 heavy (non-hydrogen) atoms. The Hall–Kier alpha value is -3.49. The number of rotatable bonds is 5. The Labute approximate surface area is 228 Å². The van der Waals surface area contributed by atoms with Gasteiger partial charge < -0.3 is 18.9 Å². The molecule has 7 nitrogen and oxygen atoms in total. The van der Waals surface area contributed by atoms with E-state index in [1.54, 1.807) is 12.1 Å². The van der Waals surface area contributed by atoms with Gasteiger partial charge in [-0.15, -0.1) is 0 Å². The van der Waals surface area contributed by atoms with Gasteiger partial charge in [0.2, 0.25) is 0 Å². The minimum atomic E-state index is -0.524. The highest BCUT2D eigenvalue weighted by Gasteiger charge is 2.38. The molecule has 5 heterocycles. The Balaban J connectivity index is 0.995. The normalized spacial score (nSPS) is 24.3. The maximum Gasteiger partial charge on any atom is 0.163 e. The van der Waals surface area contributed by atoms with E-state index in [9.17, 15) is 4.39 Å². The molecule has 0 bridgehead atoms. The van der Waals surface area contributed by atoms with Gasteiger partial charge in [0.25, 0.3) is 0 Å². The number of imidazole rings is 1. The van der Waals surface area contributed by atoms with Gasteiger partial charge in [0, 0.05) is 41.7 Å². The molecule has 7 rings (SSSR count). The van der Waals surface area contributed by atoms with Gasteiger partial charge in [0.1, 0.15) is 11.9 Å². The first-order chi connectivity index (χ1) is 18.9. The maximum atomic E-state index is 15.0. The van der Waals surface area contributed by atoms with Crippen molar-refractivity contribution in [3.8, 4) is 11.3 Å². The van der Waals surface area contributed by atoms with Crippen LogP contribution in [0.1, 0.15) is 50.3 Å². The Morgan fingerprint density at radius 2 is 1.97 bits per heavy atom. The molecule has 2 aromatic heterocycles. The van der Waals surface area contributed by atoms with Crippen LogP contribution in [0.4, 0.5) is 4.39 Å². The molecular formula is C31H34FN5O2. The van der Waals surface area contributed by atoms with Gasteiger partial charge in [0.05, 0.1) is 43.6 Å². The van der Waals surface area contributed by atoms with E-state index in [0.29, 0.717) is 19.1 Å². The number of hydrogen-bond donors (Lipinski definition) is 0. The van der Waals surface area contributed by atoms with Crippen LogP contribution in [0.15, 0.2) is 73.1 Å². The zero-order valence-corrected chi connectivity index (χ0v) is 22.5. The van der Waals surface area contributed by atoms with Crippen molar-refractivity contribution in [2.45, 2.75) is 57.6 Å². The number of nitrogens with zero attached hydrogens (tertiary/aromatic N) is 5. The maximum absolute atomic E-state index is 15.0. The Morgan fingerprint density at radius 1 is 1.10 bits per heavy atom. The van der Waals surface area contributed by atoms with E-state index in [1.165, 1.54) is 11.3 Å². The highest BCUT2D eigenvalue weighted by atomic mass is 19.1. The average Bonchev–Trinajstić information content (AvgIpc) is 3.68. The van der Waals surface area contributed by atoms with Crippen LogP contribution in [0.2, 0.25) is 0 Å². The van der Waals surface area contributed by atoms with Gasteiger partial charge in [-0.05, 0) is 56.7 Å². The number of aromatic nitrogens is 4. The highest BCUT2D eigenvalue weighted by Crippen LogP contribution is 2.47. The second-order valence-corrected chi connectivity index (χ2v) is 11.4. The molecule has 0 N–H and O–H groups in total. The molecule has 2 fully saturated rings. The quantitative estimate of drug-likeness (QED) is 0.434. The van der Waals surface area contributed by atoms with Crippen molar-refractivity contribution in [1.29, 1.82) is 0 Å². The van der Waals surface area contributed by atoms with Crippen LogP contribution in [-0.4, -0.2) is 55.8 Å². The first-order valence-corrected chi connectivity index (χ1v) is 13.9. The summed E-state index contributed by atoms with van der Waals surface area (Å²) in [5.41, 5.74) is 6.40. The molecule has 8 heteroatoms. The van der Waals surface area contributed by atoms with Crippen LogP contribution < -0.4 is 0 Å². The number of fused-ring (bicyclic) bond motifs is 3. The zero-order valence-electron chi connectivity index (χ0n) is 22.5. The average molecular weight is 528 g/mol. The predicted octanol–water partition coefficient (Wildman–Crippen LogP) is 5.58. The number of likely N-dealkylation sites (tertiary alicyclic amines) is 1. The molecule has 1 aromatic carbocycles. The van der Waals surface area contributed by atoms with E-state index >= 15 is 0 Å². The molecule has 3 aromatic rings. The molecule has 0 radical (unpaired) electrons. The standard InChI is InChI=1S/C31H34FN5O2/c1-31(2)38-19-25(39-31)18-36-17-23(15-34-36)21-5-3-6-24(10-9-21)35-13-11-22(12-14-35)30-29-26(7-4-8-27(29)32)28-16-33-20-37(28)30/h4-10,15-17,20,22,25,30H,3,11-14,18-19H2,1-2H3. The van der Waals surface area contributed by atoms with E-state index in [-0.39, 0.29) is 18.0 Å². The van der Waals surface area contributed by atoms with E-state index in [1.807, 2.05) is 43.3 Å². The predicted molar refractivity (Wildman–Crippen MR) is 147 cm³/mol. The minimum Gasteiger partial charge on any atom is -0.372 e. The van der Waals surface area contributed by atoms with Crippen molar-refractivity contribution in [2.24, 2.45) is 5.92 Å². The lowest BCUT2D eigenvalue weighted by atomic mass is 9.85. The molecule has 0 saturated carbocycles. The van der Waals surface area contributed by atoms with Gasteiger partial charge in [-0.25, -0.2) is 9.37 Å². The number of halogens is 1. The monoisotopic (exact) mass is 527 g/mol. The van der Waals surface area contributed by atoms with Crippen molar-refractivity contribution >= 4 is 5.57 Å². The van der Waals surface area contributed by atoms with Crippen molar-refractivity contribution in [3.05, 3.63) is 90.1 Å². The third kappa shape index (κ3) is 4.55. The third-order valence-electron chi connectivity index (χ3n) is 8.46. The molecule has 2 unspecified atom stereocenters. The molecular weight excluding hydrogens is 493 g/mol. The van der Waals surface area contributed by atoms with Crippen LogP contribution in [0.5, 0.6) is 0 Å². The SMILES string of the molecule is CC1(C)OCC(Cn2cc(C3=CCC=C(N4CCC(C5c6c(F)cccc6-c6cncn65)CC4)C=C3)cn2)O1.